The van der Waals surface area contributed by atoms with E-state index in [0.29, 0.717) is 16.3 Å². The monoisotopic (exact) mass is 601 g/mol. The summed E-state index contributed by atoms with van der Waals surface area (Å²) in [6, 6.07) is 6.85. The lowest BCUT2D eigenvalue weighted by Gasteiger charge is -2.31. The highest BCUT2D eigenvalue weighted by Crippen LogP contribution is 2.36. The lowest BCUT2D eigenvalue weighted by Crippen LogP contribution is -2.50. The predicted molar refractivity (Wildman–Crippen MR) is 137 cm³/mol. The molecule has 0 aliphatic carbocycles. The molecule has 1 aromatic heterocycles. The van der Waals surface area contributed by atoms with Gasteiger partial charge >= 0.3 is 0 Å². The first-order chi connectivity index (χ1) is 17.5. The third kappa shape index (κ3) is 4.84. The highest BCUT2D eigenvalue weighted by atomic mass is 35.5. The fourth-order valence-corrected chi connectivity index (χ4v) is 7.93. The molecule has 10 nitrogen and oxygen atoms in total. The number of nitrogens with one attached hydrogen (secondary N) is 1. The molecule has 0 saturated heterocycles. The second-order valence-electron chi connectivity index (χ2n) is 8.45. The van der Waals surface area contributed by atoms with Crippen molar-refractivity contribution in [1.82, 2.24) is 24.6 Å². The van der Waals surface area contributed by atoms with Crippen LogP contribution in [0.5, 0.6) is 0 Å². The van der Waals surface area contributed by atoms with Crippen LogP contribution in [-0.2, 0) is 31.1 Å². The van der Waals surface area contributed by atoms with E-state index < -0.39 is 37.9 Å². The van der Waals surface area contributed by atoms with Crippen molar-refractivity contribution in [2.24, 2.45) is 0 Å². The Balaban J connectivity index is 1.45. The van der Waals surface area contributed by atoms with Crippen molar-refractivity contribution < 1.29 is 21.6 Å². The minimum atomic E-state index is -4.17. The summed E-state index contributed by atoms with van der Waals surface area (Å²) in [4.78, 5) is 12.8. The Kier molecular flexibility index (Phi) is 6.73. The lowest BCUT2D eigenvalue weighted by atomic mass is 10.0. The molecule has 5 rings (SSSR count). The topological polar surface area (TPSA) is 131 Å². The van der Waals surface area contributed by atoms with E-state index in [1.807, 2.05) is 0 Å². The van der Waals surface area contributed by atoms with Crippen molar-refractivity contribution in [3.05, 3.63) is 81.3 Å². The number of benzene rings is 2. The minimum absolute atomic E-state index is 0.0579. The highest BCUT2D eigenvalue weighted by molar-refractivity contribution is 7.91. The number of amides is 1. The van der Waals surface area contributed by atoms with Crippen LogP contribution in [-0.4, -0.2) is 53.8 Å². The SMILES string of the molecule is O=C1NC=CN(S(=O)(=O)c2ccc(Cl)c(Cl)c2)[C@@H]1Cc1cn([C@@H]2CCS(=O)(=O)c3ccc(Cl)cc32)nn1. The largest absolute Gasteiger partial charge is 0.329 e. The first-order valence-electron chi connectivity index (χ1n) is 10.9. The number of rotatable bonds is 5. The van der Waals surface area contributed by atoms with E-state index in [0.717, 1.165) is 4.31 Å². The van der Waals surface area contributed by atoms with E-state index in [-0.39, 0.29) is 38.4 Å². The number of aromatic nitrogens is 3. The maximum absolute atomic E-state index is 13.4. The van der Waals surface area contributed by atoms with Gasteiger partial charge in [0.25, 0.3) is 10.0 Å². The van der Waals surface area contributed by atoms with E-state index in [2.05, 4.69) is 15.6 Å². The van der Waals surface area contributed by atoms with E-state index in [9.17, 15) is 21.6 Å². The molecular weight excluding hydrogens is 585 g/mol. The van der Waals surface area contributed by atoms with Crippen LogP contribution in [0.3, 0.4) is 0 Å². The molecule has 0 saturated carbocycles. The predicted octanol–water partition coefficient (Wildman–Crippen LogP) is 3.21. The Morgan fingerprint density at radius 3 is 2.62 bits per heavy atom. The van der Waals surface area contributed by atoms with Crippen molar-refractivity contribution in [2.75, 3.05) is 5.75 Å². The second kappa shape index (κ2) is 9.59. The van der Waals surface area contributed by atoms with Gasteiger partial charge in [-0.2, -0.15) is 0 Å². The summed E-state index contributed by atoms with van der Waals surface area (Å²) < 4.78 is 54.2. The van der Waals surface area contributed by atoms with E-state index in [1.54, 1.807) is 12.3 Å². The van der Waals surface area contributed by atoms with Gasteiger partial charge in [-0.1, -0.05) is 40.0 Å². The Labute approximate surface area is 227 Å². The molecule has 3 heterocycles. The van der Waals surface area contributed by atoms with Crippen LogP contribution in [0.2, 0.25) is 15.1 Å². The van der Waals surface area contributed by atoms with Crippen LogP contribution in [0.15, 0.2) is 64.8 Å². The maximum Gasteiger partial charge on any atom is 0.264 e. The van der Waals surface area contributed by atoms with Gasteiger partial charge in [-0.05, 0) is 48.4 Å². The molecule has 2 aliphatic rings. The summed E-state index contributed by atoms with van der Waals surface area (Å²) >= 11 is 18.1. The first-order valence-corrected chi connectivity index (χ1v) is 15.1. The zero-order valence-corrected chi connectivity index (χ0v) is 22.7. The lowest BCUT2D eigenvalue weighted by molar-refractivity contribution is -0.124. The molecule has 3 aromatic rings. The summed E-state index contributed by atoms with van der Waals surface area (Å²) in [6.07, 6.45) is 4.21. The molecule has 0 radical (unpaired) electrons. The van der Waals surface area contributed by atoms with Crippen molar-refractivity contribution in [1.29, 1.82) is 0 Å². The molecule has 0 bridgehead atoms. The highest BCUT2D eigenvalue weighted by Gasteiger charge is 2.37. The third-order valence-electron chi connectivity index (χ3n) is 6.13. The average molecular weight is 603 g/mol. The molecule has 1 N–H and O–H groups in total. The van der Waals surface area contributed by atoms with Gasteiger partial charge in [-0.25, -0.2) is 21.5 Å². The second-order valence-corrected chi connectivity index (χ2v) is 13.6. The molecule has 2 atom stereocenters. The smallest absolute Gasteiger partial charge is 0.264 e. The van der Waals surface area contributed by atoms with Crippen LogP contribution < -0.4 is 5.32 Å². The summed E-state index contributed by atoms with van der Waals surface area (Å²) in [7, 11) is -7.62. The van der Waals surface area contributed by atoms with Crippen molar-refractivity contribution in [2.45, 2.75) is 34.7 Å². The summed E-state index contributed by atoms with van der Waals surface area (Å²) in [6.45, 7) is 0. The maximum atomic E-state index is 13.4. The molecule has 2 aromatic carbocycles. The normalized spacial score (nSPS) is 20.9. The van der Waals surface area contributed by atoms with Gasteiger partial charge in [0.05, 0.1) is 37.3 Å². The summed E-state index contributed by atoms with van der Waals surface area (Å²) in [5.41, 5.74) is 0.833. The van der Waals surface area contributed by atoms with Gasteiger partial charge in [0, 0.05) is 30.0 Å². The zero-order valence-electron chi connectivity index (χ0n) is 18.8. The fraction of sp³-hybridized carbons (Fsp3) is 0.227. The minimum Gasteiger partial charge on any atom is -0.329 e. The number of nitrogens with zero attached hydrogens (tertiary/aromatic N) is 4. The molecule has 1 amide bonds. The number of hydrogen-bond acceptors (Lipinski definition) is 7. The van der Waals surface area contributed by atoms with Crippen molar-refractivity contribution in [3.8, 4) is 0 Å². The first kappa shape index (κ1) is 26.0. The number of carbonyl (C=O) groups excluding carboxylic acids is 1. The molecule has 0 fully saturated rings. The number of sulfonamides is 1. The molecule has 37 heavy (non-hydrogen) atoms. The fourth-order valence-electron chi connectivity index (χ4n) is 4.33. The van der Waals surface area contributed by atoms with Gasteiger partial charge in [0.2, 0.25) is 5.91 Å². The molecule has 2 aliphatic heterocycles. The quantitative estimate of drug-likeness (QED) is 0.474. The van der Waals surface area contributed by atoms with Gasteiger partial charge in [0.1, 0.15) is 6.04 Å². The molecule has 194 valence electrons. The van der Waals surface area contributed by atoms with E-state index >= 15 is 0 Å². The van der Waals surface area contributed by atoms with Gasteiger partial charge in [-0.15, -0.1) is 5.10 Å². The molecule has 15 heteroatoms. The van der Waals surface area contributed by atoms with Crippen molar-refractivity contribution in [3.63, 3.8) is 0 Å². The number of halogens is 3. The Morgan fingerprint density at radius 1 is 1.08 bits per heavy atom. The van der Waals surface area contributed by atoms with Crippen LogP contribution >= 0.6 is 34.8 Å². The summed E-state index contributed by atoms with van der Waals surface area (Å²) in [5.74, 6) is -0.630. The average Bonchev–Trinajstić information content (AvgIpc) is 3.30. The molecular formula is C22H18Cl3N5O5S2. The molecule has 0 spiro atoms. The number of hydrogen-bond donors (Lipinski definition) is 1. The van der Waals surface area contributed by atoms with Crippen LogP contribution in [0, 0.1) is 0 Å². The van der Waals surface area contributed by atoms with E-state index in [4.69, 9.17) is 34.8 Å². The standard InChI is InChI=1S/C22H18Cl3N5O5S2/c23-13-1-4-21-16(9-13)19(5-8-36(21,32)33)29-12-14(27-28-29)10-20-22(31)26-6-7-30(20)37(34,35)15-2-3-17(24)18(25)11-15/h1-4,6-7,9,11-12,19-20H,5,8,10H2,(H,26,31)/t19-,20-/m1/s1. The van der Waals surface area contributed by atoms with Gasteiger partial charge < -0.3 is 5.32 Å². The van der Waals surface area contributed by atoms with Gasteiger partial charge in [-0.3, -0.25) is 9.10 Å². The van der Waals surface area contributed by atoms with Gasteiger partial charge in [0.15, 0.2) is 9.84 Å². The Hall–Kier alpha value is -2.64. The van der Waals surface area contributed by atoms with Crippen molar-refractivity contribution >= 4 is 60.6 Å². The summed E-state index contributed by atoms with van der Waals surface area (Å²) in [5, 5.41) is 11.4. The van der Waals surface area contributed by atoms with Crippen LogP contribution in [0.25, 0.3) is 0 Å². The zero-order chi connectivity index (χ0) is 26.5. The van der Waals surface area contributed by atoms with Crippen LogP contribution in [0.4, 0.5) is 0 Å². The Morgan fingerprint density at radius 2 is 1.86 bits per heavy atom. The molecule has 0 unspecified atom stereocenters. The number of sulfone groups is 1. The van der Waals surface area contributed by atoms with E-state index in [1.165, 1.54) is 47.4 Å². The Bertz CT molecular complexity index is 1660. The third-order valence-corrected chi connectivity index (χ3v) is 10.7. The number of fused-ring (bicyclic) bond motifs is 1. The number of carbonyl (C=O) groups is 1. The van der Waals surface area contributed by atoms with Crippen LogP contribution in [0.1, 0.15) is 23.7 Å².